The number of rotatable bonds is 7. The molecule has 0 saturated heterocycles. The Morgan fingerprint density at radius 2 is 1.93 bits per heavy atom. The lowest BCUT2D eigenvalue weighted by molar-refractivity contribution is 0.102. The average molecular weight is 405 g/mol. The molecule has 0 fully saturated rings. The summed E-state index contributed by atoms with van der Waals surface area (Å²) in [4.78, 5) is 21.0. The fourth-order valence-corrected chi connectivity index (χ4v) is 3.50. The van der Waals surface area contributed by atoms with Gasteiger partial charge in [0.25, 0.3) is 5.91 Å². The third-order valence-electron chi connectivity index (χ3n) is 4.21. The summed E-state index contributed by atoms with van der Waals surface area (Å²) in [7, 11) is 0. The largest absolute Gasteiger partial charge is 0.494 e. The molecule has 0 spiro atoms. The molecule has 0 radical (unpaired) electrons. The highest BCUT2D eigenvalue weighted by Crippen LogP contribution is 2.26. The normalized spacial score (nSPS) is 10.7. The number of hydrogen-bond donors (Lipinski definition) is 1. The number of carbonyl (C=O) groups excluding carboxylic acids is 1. The predicted molar refractivity (Wildman–Crippen MR) is 112 cm³/mol. The average Bonchev–Trinajstić information content (AvgIpc) is 3.42. The van der Waals surface area contributed by atoms with Gasteiger partial charge in [0.1, 0.15) is 18.4 Å². The van der Waals surface area contributed by atoms with Gasteiger partial charge in [-0.15, -0.1) is 11.3 Å². The van der Waals surface area contributed by atoms with Gasteiger partial charge in [-0.05, 0) is 48.9 Å². The van der Waals surface area contributed by atoms with Crippen LogP contribution in [0, 0.1) is 0 Å². The second kappa shape index (κ2) is 8.66. The summed E-state index contributed by atoms with van der Waals surface area (Å²) in [5.41, 5.74) is 3.41. The number of benzene rings is 2. The number of anilines is 1. The van der Waals surface area contributed by atoms with Crippen molar-refractivity contribution in [2.75, 3.05) is 11.9 Å². The molecule has 4 rings (SSSR count). The van der Waals surface area contributed by atoms with Crippen LogP contribution in [0.4, 0.5) is 5.13 Å². The van der Waals surface area contributed by atoms with Gasteiger partial charge >= 0.3 is 0 Å². The van der Waals surface area contributed by atoms with Crippen LogP contribution in [-0.2, 0) is 6.54 Å². The number of amides is 1. The highest BCUT2D eigenvalue weighted by Gasteiger charge is 2.10. The van der Waals surface area contributed by atoms with Crippen molar-refractivity contribution < 1.29 is 9.53 Å². The number of thiazole rings is 1. The first-order valence-electron chi connectivity index (χ1n) is 9.13. The van der Waals surface area contributed by atoms with E-state index < -0.39 is 0 Å². The van der Waals surface area contributed by atoms with Gasteiger partial charge in [0, 0.05) is 16.5 Å². The van der Waals surface area contributed by atoms with Crippen molar-refractivity contribution >= 4 is 22.4 Å². The zero-order valence-corrected chi connectivity index (χ0v) is 16.6. The summed E-state index contributed by atoms with van der Waals surface area (Å²) in [5, 5.41) is 9.42. The first-order chi connectivity index (χ1) is 14.2. The van der Waals surface area contributed by atoms with Gasteiger partial charge in [0.2, 0.25) is 0 Å². The smallest absolute Gasteiger partial charge is 0.257 e. The fourth-order valence-electron chi connectivity index (χ4n) is 2.78. The minimum Gasteiger partial charge on any atom is -0.494 e. The van der Waals surface area contributed by atoms with Crippen molar-refractivity contribution in [3.8, 4) is 17.0 Å². The monoisotopic (exact) mass is 405 g/mol. The van der Waals surface area contributed by atoms with Crippen LogP contribution in [0.3, 0.4) is 0 Å². The highest BCUT2D eigenvalue weighted by molar-refractivity contribution is 7.14. The van der Waals surface area contributed by atoms with Crippen LogP contribution in [-0.4, -0.2) is 32.3 Å². The zero-order valence-electron chi connectivity index (χ0n) is 15.8. The van der Waals surface area contributed by atoms with Crippen molar-refractivity contribution in [2.24, 2.45) is 0 Å². The van der Waals surface area contributed by atoms with E-state index in [1.165, 1.54) is 17.7 Å². The minimum absolute atomic E-state index is 0.190. The molecular weight excluding hydrogens is 386 g/mol. The predicted octanol–water partition coefficient (Wildman–Crippen LogP) is 4.10. The van der Waals surface area contributed by atoms with E-state index in [1.54, 1.807) is 23.1 Å². The van der Waals surface area contributed by atoms with Crippen LogP contribution < -0.4 is 10.1 Å². The molecule has 0 aliphatic rings. The Kier molecular flexibility index (Phi) is 5.62. The lowest BCUT2D eigenvalue weighted by Gasteiger charge is -2.05. The number of aromatic nitrogens is 4. The molecular formula is C21H19N5O2S. The SMILES string of the molecule is CCOc1ccc(-c2csc(NC(=O)c3ccc(Cn4cncn4)cc3)n2)cc1. The Bertz CT molecular complexity index is 1070. The summed E-state index contributed by atoms with van der Waals surface area (Å²) in [6, 6.07) is 15.1. The van der Waals surface area contributed by atoms with Gasteiger partial charge in [-0.25, -0.2) is 14.6 Å². The van der Waals surface area contributed by atoms with Gasteiger partial charge in [-0.2, -0.15) is 5.10 Å². The molecule has 7 nitrogen and oxygen atoms in total. The lowest BCUT2D eigenvalue weighted by atomic mass is 10.1. The number of nitrogens with one attached hydrogen (secondary N) is 1. The maximum Gasteiger partial charge on any atom is 0.257 e. The molecule has 0 aliphatic carbocycles. The summed E-state index contributed by atoms with van der Waals surface area (Å²) in [6.07, 6.45) is 3.16. The third-order valence-corrected chi connectivity index (χ3v) is 4.97. The molecule has 1 amide bonds. The minimum atomic E-state index is -0.190. The van der Waals surface area contributed by atoms with Crippen LogP contribution in [0.1, 0.15) is 22.8 Å². The van der Waals surface area contributed by atoms with Gasteiger partial charge < -0.3 is 4.74 Å². The van der Waals surface area contributed by atoms with E-state index >= 15 is 0 Å². The second-order valence-corrected chi connectivity index (χ2v) is 7.10. The second-order valence-electron chi connectivity index (χ2n) is 6.24. The van der Waals surface area contributed by atoms with E-state index in [9.17, 15) is 4.79 Å². The number of ether oxygens (including phenoxy) is 1. The van der Waals surface area contributed by atoms with E-state index in [4.69, 9.17) is 4.74 Å². The summed E-state index contributed by atoms with van der Waals surface area (Å²) >= 11 is 1.39. The van der Waals surface area contributed by atoms with E-state index in [-0.39, 0.29) is 5.91 Å². The molecule has 0 bridgehead atoms. The molecule has 2 aromatic carbocycles. The number of hydrogen-bond acceptors (Lipinski definition) is 6. The molecule has 2 aromatic heterocycles. The van der Waals surface area contributed by atoms with Crippen LogP contribution in [0.25, 0.3) is 11.3 Å². The van der Waals surface area contributed by atoms with Crippen LogP contribution >= 0.6 is 11.3 Å². The summed E-state index contributed by atoms with van der Waals surface area (Å²) in [5.74, 6) is 0.636. The highest BCUT2D eigenvalue weighted by atomic mass is 32.1. The molecule has 146 valence electrons. The van der Waals surface area contributed by atoms with Crippen LogP contribution in [0.15, 0.2) is 66.6 Å². The maximum absolute atomic E-state index is 12.5. The van der Waals surface area contributed by atoms with Gasteiger partial charge in [-0.1, -0.05) is 12.1 Å². The summed E-state index contributed by atoms with van der Waals surface area (Å²) < 4.78 is 7.19. The number of nitrogens with zero attached hydrogens (tertiary/aromatic N) is 4. The van der Waals surface area contributed by atoms with Crippen molar-refractivity contribution in [3.63, 3.8) is 0 Å². The van der Waals surface area contributed by atoms with Crippen LogP contribution in [0.2, 0.25) is 0 Å². The lowest BCUT2D eigenvalue weighted by Crippen LogP contribution is -2.11. The Morgan fingerprint density at radius 3 is 2.62 bits per heavy atom. The van der Waals surface area contributed by atoms with Gasteiger partial charge in [0.05, 0.1) is 18.8 Å². The van der Waals surface area contributed by atoms with Crippen molar-refractivity contribution in [2.45, 2.75) is 13.5 Å². The number of carbonyl (C=O) groups is 1. The third kappa shape index (κ3) is 4.67. The molecule has 0 aliphatic heterocycles. The van der Waals surface area contributed by atoms with Gasteiger partial charge in [-0.3, -0.25) is 10.1 Å². The molecule has 1 N–H and O–H groups in total. The quantitative estimate of drug-likeness (QED) is 0.501. The molecule has 0 unspecified atom stereocenters. The van der Waals surface area contributed by atoms with E-state index in [0.717, 1.165) is 22.6 Å². The van der Waals surface area contributed by atoms with E-state index in [0.29, 0.717) is 23.8 Å². The Morgan fingerprint density at radius 1 is 1.14 bits per heavy atom. The first-order valence-corrected chi connectivity index (χ1v) is 10.0. The Hall–Kier alpha value is -3.52. The maximum atomic E-state index is 12.5. The van der Waals surface area contributed by atoms with Crippen molar-refractivity contribution in [3.05, 3.63) is 77.7 Å². The molecule has 8 heteroatoms. The first kappa shape index (κ1) is 18.8. The zero-order chi connectivity index (χ0) is 20.1. The van der Waals surface area contributed by atoms with E-state index in [1.807, 2.05) is 48.7 Å². The van der Waals surface area contributed by atoms with Crippen molar-refractivity contribution in [1.82, 2.24) is 19.7 Å². The van der Waals surface area contributed by atoms with Crippen LogP contribution in [0.5, 0.6) is 5.75 Å². The molecule has 0 atom stereocenters. The Labute approximate surface area is 172 Å². The molecule has 29 heavy (non-hydrogen) atoms. The van der Waals surface area contributed by atoms with Crippen molar-refractivity contribution in [1.29, 1.82) is 0 Å². The topological polar surface area (TPSA) is 81.9 Å². The molecule has 2 heterocycles. The standard InChI is InChI=1S/C21H19N5O2S/c1-2-28-18-9-7-16(8-10-18)19-12-29-21(24-19)25-20(27)17-5-3-15(4-6-17)11-26-14-22-13-23-26/h3-10,12-14H,2,11H2,1H3,(H,24,25,27). The molecule has 0 saturated carbocycles. The van der Waals surface area contributed by atoms with Gasteiger partial charge in [0.15, 0.2) is 5.13 Å². The van der Waals surface area contributed by atoms with E-state index in [2.05, 4.69) is 20.4 Å². The Balaban J connectivity index is 1.39. The fraction of sp³-hybridized carbons (Fsp3) is 0.143. The molecule has 4 aromatic rings. The summed E-state index contributed by atoms with van der Waals surface area (Å²) in [6.45, 7) is 3.20.